The molecule has 1 saturated heterocycles. The molecule has 1 aliphatic heterocycles. The number of halogens is 1. The fraction of sp³-hybridized carbons (Fsp3) is 0.524. The number of alkyl carbamates (subject to hydrolysis) is 1. The van der Waals surface area contributed by atoms with Crippen molar-refractivity contribution in [1.29, 1.82) is 0 Å². The van der Waals surface area contributed by atoms with Crippen LogP contribution in [0.2, 0.25) is 0 Å². The second-order valence-corrected chi connectivity index (χ2v) is 8.15. The number of amides is 1. The van der Waals surface area contributed by atoms with Gasteiger partial charge < -0.3 is 29.3 Å². The van der Waals surface area contributed by atoms with Gasteiger partial charge in [-0.15, -0.1) is 0 Å². The molecule has 0 radical (unpaired) electrons. The van der Waals surface area contributed by atoms with Gasteiger partial charge in [-0.25, -0.2) is 9.18 Å². The zero-order chi connectivity index (χ0) is 21.6. The van der Waals surface area contributed by atoms with Crippen LogP contribution in [0.5, 0.6) is 5.75 Å². The topological polar surface area (TPSA) is 94.9 Å². The number of aromatic nitrogens is 1. The van der Waals surface area contributed by atoms with E-state index in [1.165, 1.54) is 0 Å². The summed E-state index contributed by atoms with van der Waals surface area (Å²) >= 11 is 0. The van der Waals surface area contributed by atoms with Crippen LogP contribution in [0.1, 0.15) is 33.6 Å². The molecule has 1 aromatic carbocycles. The number of anilines is 1. The second kappa shape index (κ2) is 9.80. The molecule has 1 aromatic heterocycles. The average molecular weight is 421 g/mol. The summed E-state index contributed by atoms with van der Waals surface area (Å²) in [4.78, 5) is 16.1. The zero-order valence-electron chi connectivity index (χ0n) is 17.5. The summed E-state index contributed by atoms with van der Waals surface area (Å²) in [7, 11) is 0. The zero-order valence-corrected chi connectivity index (χ0v) is 17.5. The van der Waals surface area contributed by atoms with Crippen molar-refractivity contribution in [3.8, 4) is 5.75 Å². The largest absolute Gasteiger partial charge is 0.489 e. The maximum Gasteiger partial charge on any atom is 0.407 e. The molecule has 30 heavy (non-hydrogen) atoms. The predicted molar refractivity (Wildman–Crippen MR) is 110 cm³/mol. The van der Waals surface area contributed by atoms with Crippen molar-refractivity contribution in [1.82, 2.24) is 10.3 Å². The molecule has 8 nitrogen and oxygen atoms in total. The summed E-state index contributed by atoms with van der Waals surface area (Å²) in [5.74, 6) is 0.492. The molecule has 0 bridgehead atoms. The lowest BCUT2D eigenvalue weighted by molar-refractivity contribution is -0.0523. The van der Waals surface area contributed by atoms with E-state index >= 15 is 0 Å². The standard InChI is InChI=1S/C21H28FN3O5/c1-21(2,3)25-20(26)29-13-14(11-22)12-28-16-4-5-17-18(10-16)30-19(24-17)23-8-6-15-7-9-27-15/h4-5,10-11,15H,6-9,12-13H2,1-3H3,(H,23,24)(H,25,26)/b14-11-. The number of carbonyl (C=O) groups is 1. The monoisotopic (exact) mass is 421 g/mol. The lowest BCUT2D eigenvalue weighted by Crippen LogP contribution is -2.41. The minimum Gasteiger partial charge on any atom is -0.489 e. The average Bonchev–Trinajstić information content (AvgIpc) is 3.04. The molecule has 1 fully saturated rings. The quantitative estimate of drug-likeness (QED) is 0.627. The van der Waals surface area contributed by atoms with Crippen molar-refractivity contribution in [3.63, 3.8) is 0 Å². The molecule has 0 saturated carbocycles. The van der Waals surface area contributed by atoms with Gasteiger partial charge in [0, 0.05) is 30.3 Å². The van der Waals surface area contributed by atoms with E-state index in [9.17, 15) is 9.18 Å². The van der Waals surface area contributed by atoms with E-state index in [0.29, 0.717) is 41.8 Å². The van der Waals surface area contributed by atoms with Crippen molar-refractivity contribution in [2.24, 2.45) is 0 Å². The van der Waals surface area contributed by atoms with E-state index in [-0.39, 0.29) is 18.8 Å². The van der Waals surface area contributed by atoms with Gasteiger partial charge >= 0.3 is 6.09 Å². The highest BCUT2D eigenvalue weighted by molar-refractivity contribution is 5.76. The number of hydrogen-bond donors (Lipinski definition) is 2. The van der Waals surface area contributed by atoms with Gasteiger partial charge in [0.25, 0.3) is 6.01 Å². The minimum absolute atomic E-state index is 0.0641. The van der Waals surface area contributed by atoms with E-state index in [0.717, 1.165) is 19.4 Å². The first-order valence-corrected chi connectivity index (χ1v) is 9.94. The van der Waals surface area contributed by atoms with Crippen LogP contribution >= 0.6 is 0 Å². The van der Waals surface area contributed by atoms with Crippen molar-refractivity contribution in [3.05, 3.63) is 30.1 Å². The van der Waals surface area contributed by atoms with Crippen LogP contribution in [0.4, 0.5) is 15.2 Å². The van der Waals surface area contributed by atoms with Gasteiger partial charge in [0.15, 0.2) is 5.58 Å². The number of rotatable bonds is 9. The Balaban J connectivity index is 1.47. The molecule has 2 aromatic rings. The van der Waals surface area contributed by atoms with Crippen LogP contribution < -0.4 is 15.4 Å². The number of hydrogen-bond acceptors (Lipinski definition) is 7. The Morgan fingerprint density at radius 3 is 2.83 bits per heavy atom. The SMILES string of the molecule is CC(C)(C)NC(=O)OC/C(=C\F)COc1ccc2nc(NCCC3CCO3)oc2c1. The van der Waals surface area contributed by atoms with Crippen molar-refractivity contribution >= 4 is 23.2 Å². The van der Waals surface area contributed by atoms with Gasteiger partial charge in [-0.05, 0) is 45.7 Å². The molecule has 1 atom stereocenters. The molecule has 1 aliphatic rings. The Labute approximate surface area is 174 Å². The van der Waals surface area contributed by atoms with Crippen molar-refractivity contribution < 1.29 is 27.8 Å². The van der Waals surface area contributed by atoms with Crippen LogP contribution in [-0.2, 0) is 9.47 Å². The summed E-state index contributed by atoms with van der Waals surface area (Å²) in [5, 5.41) is 5.78. The Kier molecular flexibility index (Phi) is 7.15. The summed E-state index contributed by atoms with van der Waals surface area (Å²) < 4.78 is 34.8. The summed E-state index contributed by atoms with van der Waals surface area (Å²) in [6, 6.07) is 5.61. The fourth-order valence-corrected chi connectivity index (χ4v) is 2.70. The molecule has 0 aliphatic carbocycles. The number of benzene rings is 1. The van der Waals surface area contributed by atoms with Gasteiger partial charge in [-0.1, -0.05) is 0 Å². The van der Waals surface area contributed by atoms with Gasteiger partial charge in [0.2, 0.25) is 0 Å². The van der Waals surface area contributed by atoms with Gasteiger partial charge in [0.1, 0.15) is 24.5 Å². The highest BCUT2D eigenvalue weighted by Gasteiger charge is 2.18. The van der Waals surface area contributed by atoms with Crippen molar-refractivity contribution in [2.45, 2.75) is 45.3 Å². The van der Waals surface area contributed by atoms with E-state index in [1.807, 2.05) is 20.8 Å². The molecular weight excluding hydrogens is 393 g/mol. The first-order chi connectivity index (χ1) is 14.3. The summed E-state index contributed by atoms with van der Waals surface area (Å²) in [5.41, 5.74) is 1.00. The molecule has 1 unspecified atom stereocenters. The Morgan fingerprint density at radius 1 is 1.37 bits per heavy atom. The molecule has 1 amide bonds. The van der Waals surface area contributed by atoms with Crippen molar-refractivity contribution in [2.75, 3.05) is 31.7 Å². The minimum atomic E-state index is -0.617. The number of fused-ring (bicyclic) bond motifs is 1. The molecule has 3 rings (SSSR count). The lowest BCUT2D eigenvalue weighted by atomic mass is 10.1. The molecule has 2 N–H and O–H groups in total. The molecule has 2 heterocycles. The third-order valence-electron chi connectivity index (χ3n) is 4.34. The maximum atomic E-state index is 13.1. The number of nitrogens with zero attached hydrogens (tertiary/aromatic N) is 1. The molecule has 164 valence electrons. The number of ether oxygens (including phenoxy) is 3. The van der Waals surface area contributed by atoms with E-state index in [4.69, 9.17) is 18.6 Å². The van der Waals surface area contributed by atoms with E-state index in [1.54, 1.807) is 18.2 Å². The highest BCUT2D eigenvalue weighted by Crippen LogP contribution is 2.24. The summed E-state index contributed by atoms with van der Waals surface area (Å²) in [6.07, 6.45) is 2.08. The van der Waals surface area contributed by atoms with Crippen LogP contribution in [0, 0.1) is 0 Å². The molecular formula is C21H28FN3O5. The maximum absolute atomic E-state index is 13.1. The first-order valence-electron chi connectivity index (χ1n) is 9.94. The fourth-order valence-electron chi connectivity index (χ4n) is 2.70. The second-order valence-electron chi connectivity index (χ2n) is 8.15. The third-order valence-corrected chi connectivity index (χ3v) is 4.34. The normalized spacial score (nSPS) is 16.8. The Hall–Kier alpha value is -2.81. The Morgan fingerprint density at radius 2 is 2.17 bits per heavy atom. The number of carbonyl (C=O) groups excluding carboxylic acids is 1. The van der Waals surface area contributed by atoms with Crippen LogP contribution in [0.25, 0.3) is 11.1 Å². The molecule has 9 heteroatoms. The smallest absolute Gasteiger partial charge is 0.407 e. The van der Waals surface area contributed by atoms with Crippen LogP contribution in [0.15, 0.2) is 34.5 Å². The Bertz CT molecular complexity index is 886. The number of nitrogens with one attached hydrogen (secondary N) is 2. The number of oxazole rings is 1. The highest BCUT2D eigenvalue weighted by atomic mass is 19.1. The summed E-state index contributed by atoms with van der Waals surface area (Å²) in [6.45, 7) is 6.76. The van der Waals surface area contributed by atoms with E-state index < -0.39 is 11.6 Å². The van der Waals surface area contributed by atoms with Gasteiger partial charge in [-0.2, -0.15) is 4.98 Å². The van der Waals surface area contributed by atoms with Gasteiger partial charge in [-0.3, -0.25) is 0 Å². The van der Waals surface area contributed by atoms with Crippen LogP contribution in [0.3, 0.4) is 0 Å². The lowest BCUT2D eigenvalue weighted by Gasteiger charge is -2.26. The predicted octanol–water partition coefficient (Wildman–Crippen LogP) is 4.18. The first kappa shape index (κ1) is 21.9. The third kappa shape index (κ3) is 6.62. The molecule has 0 spiro atoms. The van der Waals surface area contributed by atoms with Crippen LogP contribution in [-0.4, -0.2) is 49.1 Å². The van der Waals surface area contributed by atoms with E-state index in [2.05, 4.69) is 15.6 Å². The van der Waals surface area contributed by atoms with Gasteiger partial charge in [0.05, 0.1) is 12.4 Å².